The number of amides is 4. The minimum atomic E-state index is -0.693. The van der Waals surface area contributed by atoms with Gasteiger partial charge in [-0.15, -0.1) is 11.3 Å². The van der Waals surface area contributed by atoms with Crippen LogP contribution in [0.15, 0.2) is 63.2 Å². The molecule has 0 radical (unpaired) electrons. The second-order valence-electron chi connectivity index (χ2n) is 10.0. The zero-order valence-corrected chi connectivity index (χ0v) is 23.7. The number of fused-ring (bicyclic) bond motifs is 4. The first kappa shape index (κ1) is 28.7. The summed E-state index contributed by atoms with van der Waals surface area (Å²) in [5.74, 6) is -1.89. The molecule has 42 heavy (non-hydrogen) atoms. The fourth-order valence-corrected chi connectivity index (χ4v) is 5.43. The van der Waals surface area contributed by atoms with Crippen LogP contribution in [0.1, 0.15) is 73.9 Å². The van der Waals surface area contributed by atoms with E-state index in [0.29, 0.717) is 11.4 Å². The molecule has 4 amide bonds. The van der Waals surface area contributed by atoms with Crippen molar-refractivity contribution in [1.82, 2.24) is 36.0 Å². The number of benzene rings is 1. The molecule has 2 atom stereocenters. The summed E-state index contributed by atoms with van der Waals surface area (Å²) in [5.41, 5.74) is 1.12. The van der Waals surface area contributed by atoms with E-state index < -0.39 is 35.7 Å². The number of hydrogen-bond donors (Lipinski definition) is 3. The lowest BCUT2D eigenvalue weighted by molar-refractivity contribution is -0.122. The number of nitrogens with one attached hydrogen (secondary N) is 3. The third-order valence-corrected chi connectivity index (χ3v) is 7.52. The third-order valence-electron chi connectivity index (χ3n) is 6.59. The van der Waals surface area contributed by atoms with E-state index in [1.165, 1.54) is 34.8 Å². The predicted octanol–water partition coefficient (Wildman–Crippen LogP) is 2.53. The number of carbonyl (C=O) groups excluding carboxylic acids is 4. The summed E-state index contributed by atoms with van der Waals surface area (Å²) in [6, 6.07) is 9.68. The lowest BCUT2D eigenvalue weighted by Crippen LogP contribution is -2.45. The van der Waals surface area contributed by atoms with Gasteiger partial charge in [-0.05, 0) is 11.5 Å². The molecule has 13 nitrogen and oxygen atoms in total. The Bertz CT molecular complexity index is 1550. The molecule has 0 saturated carbocycles. The van der Waals surface area contributed by atoms with Crippen molar-refractivity contribution in [2.75, 3.05) is 19.6 Å². The molecule has 3 N–H and O–H groups in total. The summed E-state index contributed by atoms with van der Waals surface area (Å²) < 4.78 is 10.4. The standard InChI is InChI=1S/C28H29N7O6S/c1-16(2)23-27-32-21(15-42-27)25(38)30-19(12-17-6-4-3-5-7-17)26-31-20(14-40-26)24(37)29-9-10-35(13-22(36)33-23)28(39)18-8-11-41-34-18/h3-8,11,14-16,19,23H,9-10,12-13H2,1-2H3,(H,29,37)(H,30,38)(H,33,36)/t19-,23-/m0/s1. The van der Waals surface area contributed by atoms with Crippen molar-refractivity contribution in [3.8, 4) is 0 Å². The molecule has 14 heteroatoms. The Balaban J connectivity index is 1.47. The number of oxazole rings is 1. The van der Waals surface area contributed by atoms with Gasteiger partial charge in [-0.2, -0.15) is 0 Å². The molecule has 3 aromatic heterocycles. The number of hydrogen-bond acceptors (Lipinski definition) is 10. The Labute approximate surface area is 244 Å². The van der Waals surface area contributed by atoms with Gasteiger partial charge in [0.1, 0.15) is 29.3 Å². The first-order valence-corrected chi connectivity index (χ1v) is 14.2. The molecule has 0 unspecified atom stereocenters. The van der Waals surface area contributed by atoms with Crippen LogP contribution in [0, 0.1) is 5.92 Å². The van der Waals surface area contributed by atoms with Crippen LogP contribution in [0.4, 0.5) is 0 Å². The van der Waals surface area contributed by atoms with Crippen LogP contribution in [0.25, 0.3) is 0 Å². The maximum atomic E-state index is 13.3. The largest absolute Gasteiger partial charge is 0.446 e. The highest BCUT2D eigenvalue weighted by Gasteiger charge is 2.29. The van der Waals surface area contributed by atoms with Crippen LogP contribution in [-0.4, -0.2) is 63.3 Å². The summed E-state index contributed by atoms with van der Waals surface area (Å²) in [7, 11) is 0. The van der Waals surface area contributed by atoms with Crippen molar-refractivity contribution in [2.24, 2.45) is 5.92 Å². The molecule has 4 bridgehead atoms. The van der Waals surface area contributed by atoms with E-state index in [9.17, 15) is 19.2 Å². The van der Waals surface area contributed by atoms with Gasteiger partial charge in [0.15, 0.2) is 11.4 Å². The van der Waals surface area contributed by atoms with E-state index in [-0.39, 0.29) is 48.5 Å². The molecule has 1 aliphatic rings. The molecule has 4 aromatic rings. The minimum absolute atomic E-state index is 0.00117. The normalized spacial score (nSPS) is 18.5. The van der Waals surface area contributed by atoms with Crippen LogP contribution < -0.4 is 16.0 Å². The van der Waals surface area contributed by atoms with Crippen LogP contribution in [0.5, 0.6) is 0 Å². The molecule has 4 heterocycles. The predicted molar refractivity (Wildman–Crippen MR) is 149 cm³/mol. The molecule has 0 fully saturated rings. The smallest absolute Gasteiger partial charge is 0.276 e. The highest BCUT2D eigenvalue weighted by atomic mass is 32.1. The number of rotatable bonds is 4. The van der Waals surface area contributed by atoms with E-state index >= 15 is 0 Å². The maximum absolute atomic E-state index is 13.3. The molecule has 218 valence electrons. The van der Waals surface area contributed by atoms with Gasteiger partial charge in [-0.25, -0.2) is 9.97 Å². The van der Waals surface area contributed by atoms with Crippen LogP contribution in [0.3, 0.4) is 0 Å². The third kappa shape index (κ3) is 6.71. The summed E-state index contributed by atoms with van der Waals surface area (Å²) in [6.07, 6.45) is 2.83. The van der Waals surface area contributed by atoms with E-state index in [2.05, 4.69) is 31.1 Å². The molecular weight excluding hydrogens is 562 g/mol. The summed E-state index contributed by atoms with van der Waals surface area (Å²) >= 11 is 1.25. The average Bonchev–Trinajstić information content (AvgIpc) is 3.77. The topological polar surface area (TPSA) is 173 Å². The maximum Gasteiger partial charge on any atom is 0.276 e. The monoisotopic (exact) mass is 591 g/mol. The van der Waals surface area contributed by atoms with E-state index in [1.54, 1.807) is 5.38 Å². The Morgan fingerprint density at radius 1 is 1.07 bits per heavy atom. The van der Waals surface area contributed by atoms with Gasteiger partial charge in [0.05, 0.1) is 12.6 Å². The summed E-state index contributed by atoms with van der Waals surface area (Å²) in [6.45, 7) is 3.56. The van der Waals surface area contributed by atoms with Crippen molar-refractivity contribution in [2.45, 2.75) is 32.4 Å². The second kappa shape index (κ2) is 12.8. The lowest BCUT2D eigenvalue weighted by Gasteiger charge is -2.25. The van der Waals surface area contributed by atoms with Gasteiger partial charge in [0, 0.05) is 31.0 Å². The zero-order valence-electron chi connectivity index (χ0n) is 22.9. The zero-order chi connectivity index (χ0) is 29.6. The van der Waals surface area contributed by atoms with Crippen molar-refractivity contribution in [3.05, 3.63) is 87.8 Å². The van der Waals surface area contributed by atoms with Crippen molar-refractivity contribution >= 4 is 35.0 Å². The Morgan fingerprint density at radius 3 is 2.62 bits per heavy atom. The van der Waals surface area contributed by atoms with Crippen molar-refractivity contribution in [1.29, 1.82) is 0 Å². The van der Waals surface area contributed by atoms with Gasteiger partial charge >= 0.3 is 0 Å². The quantitative estimate of drug-likeness (QED) is 0.322. The molecule has 0 saturated heterocycles. The summed E-state index contributed by atoms with van der Waals surface area (Å²) in [4.78, 5) is 62.6. The minimum Gasteiger partial charge on any atom is -0.446 e. The van der Waals surface area contributed by atoms with E-state index in [0.717, 1.165) is 5.56 Å². The van der Waals surface area contributed by atoms with E-state index in [4.69, 9.17) is 8.94 Å². The van der Waals surface area contributed by atoms with Crippen LogP contribution >= 0.6 is 11.3 Å². The number of nitrogens with zero attached hydrogens (tertiary/aromatic N) is 4. The second-order valence-corrected chi connectivity index (χ2v) is 10.9. The van der Waals surface area contributed by atoms with Gasteiger partial charge in [0.25, 0.3) is 17.7 Å². The SMILES string of the molecule is CC(C)[C@@H]1NC(=O)CN(C(=O)c2ccon2)CCNC(=O)c2coc(n2)[C@H](Cc2ccccc2)NC(=O)c2csc1n2. The molecule has 0 spiro atoms. The molecule has 0 aliphatic carbocycles. The molecule has 1 aliphatic heterocycles. The highest BCUT2D eigenvalue weighted by molar-refractivity contribution is 7.09. The summed E-state index contributed by atoms with van der Waals surface area (Å²) in [5, 5.41) is 14.4. The first-order chi connectivity index (χ1) is 20.3. The van der Waals surface area contributed by atoms with Gasteiger partial charge in [-0.1, -0.05) is 49.3 Å². The Morgan fingerprint density at radius 2 is 1.88 bits per heavy atom. The number of carbonyl (C=O) groups is 4. The fourth-order valence-electron chi connectivity index (χ4n) is 4.41. The Kier molecular flexibility index (Phi) is 8.71. The fraction of sp³-hybridized carbons (Fsp3) is 0.321. The van der Waals surface area contributed by atoms with E-state index in [1.807, 2.05) is 44.2 Å². The number of aromatic nitrogens is 3. The highest BCUT2D eigenvalue weighted by Crippen LogP contribution is 2.26. The van der Waals surface area contributed by atoms with Gasteiger partial charge < -0.3 is 29.8 Å². The Hall–Kier alpha value is -4.85. The first-order valence-electron chi connectivity index (χ1n) is 13.3. The van der Waals surface area contributed by atoms with Crippen LogP contribution in [-0.2, 0) is 11.2 Å². The van der Waals surface area contributed by atoms with Crippen LogP contribution in [0.2, 0.25) is 0 Å². The number of thiazole rings is 1. The lowest BCUT2D eigenvalue weighted by atomic mass is 10.0. The molecule has 1 aromatic carbocycles. The van der Waals surface area contributed by atoms with Gasteiger partial charge in [-0.3, -0.25) is 19.2 Å². The van der Waals surface area contributed by atoms with Crippen molar-refractivity contribution in [3.63, 3.8) is 0 Å². The average molecular weight is 592 g/mol. The molecule has 5 rings (SSSR count). The van der Waals surface area contributed by atoms with Gasteiger partial charge in [0.2, 0.25) is 11.8 Å². The van der Waals surface area contributed by atoms with Crippen molar-refractivity contribution < 1.29 is 28.1 Å². The molecular formula is C28H29N7O6S.